The van der Waals surface area contributed by atoms with Crippen molar-refractivity contribution in [1.29, 1.82) is 0 Å². The van der Waals surface area contributed by atoms with Crippen LogP contribution in [0.5, 0.6) is 17.2 Å². The molecule has 2 aromatic heterocycles. The summed E-state index contributed by atoms with van der Waals surface area (Å²) in [7, 11) is 4.55. The molecule has 0 fully saturated rings. The predicted molar refractivity (Wildman–Crippen MR) is 93.0 cm³/mol. The molecule has 3 rings (SSSR count). The Hall–Kier alpha value is -2.81. The lowest BCUT2D eigenvalue weighted by molar-refractivity contribution is 0.0953. The maximum Gasteiger partial charge on any atom is 0.251 e. The lowest BCUT2D eigenvalue weighted by Gasteiger charge is -2.14. The summed E-state index contributed by atoms with van der Waals surface area (Å²) in [6.07, 6.45) is 2.17. The molecule has 8 nitrogen and oxygen atoms in total. The SMILES string of the molecule is COc1cc(C(=O)NCCc2csc3ncnn23)cc(OC)c1OC. The molecule has 25 heavy (non-hydrogen) atoms. The zero-order chi connectivity index (χ0) is 17.8. The number of methoxy groups -OCH3 is 3. The number of hydrogen-bond donors (Lipinski definition) is 1. The van der Waals surface area contributed by atoms with Crippen LogP contribution in [0.4, 0.5) is 0 Å². The van der Waals surface area contributed by atoms with E-state index in [0.717, 1.165) is 10.7 Å². The fourth-order valence-electron chi connectivity index (χ4n) is 2.46. The third-order valence-electron chi connectivity index (χ3n) is 3.68. The lowest BCUT2D eigenvalue weighted by Crippen LogP contribution is -2.26. The maximum atomic E-state index is 12.4. The number of carbonyl (C=O) groups is 1. The number of benzene rings is 1. The van der Waals surface area contributed by atoms with Crippen molar-refractivity contribution in [2.24, 2.45) is 0 Å². The third kappa shape index (κ3) is 3.36. The summed E-state index contributed by atoms with van der Waals surface area (Å²) in [6, 6.07) is 3.24. The second kappa shape index (κ2) is 7.39. The number of hydrogen-bond acceptors (Lipinski definition) is 7. The summed E-state index contributed by atoms with van der Waals surface area (Å²) in [5, 5.41) is 9.03. The monoisotopic (exact) mass is 362 g/mol. The first-order chi connectivity index (χ1) is 12.2. The van der Waals surface area contributed by atoms with Crippen LogP contribution in [0.15, 0.2) is 23.8 Å². The summed E-state index contributed by atoms with van der Waals surface area (Å²) >= 11 is 1.52. The number of carbonyl (C=O) groups excluding carboxylic acids is 1. The van der Waals surface area contributed by atoms with E-state index in [0.29, 0.717) is 35.8 Å². The number of aromatic nitrogens is 3. The number of ether oxygens (including phenoxy) is 3. The van der Waals surface area contributed by atoms with Crippen molar-refractivity contribution in [3.63, 3.8) is 0 Å². The first-order valence-electron chi connectivity index (χ1n) is 7.52. The van der Waals surface area contributed by atoms with E-state index in [1.165, 1.54) is 39.0 Å². The second-order valence-electron chi connectivity index (χ2n) is 5.10. The van der Waals surface area contributed by atoms with E-state index in [2.05, 4.69) is 15.4 Å². The molecule has 1 N–H and O–H groups in total. The Kier molecular flexibility index (Phi) is 5.03. The molecule has 0 atom stereocenters. The van der Waals surface area contributed by atoms with Crippen LogP contribution in [0.25, 0.3) is 4.96 Å². The van der Waals surface area contributed by atoms with Crippen molar-refractivity contribution in [3.05, 3.63) is 35.1 Å². The Balaban J connectivity index is 1.69. The number of nitrogens with one attached hydrogen (secondary N) is 1. The summed E-state index contributed by atoms with van der Waals surface area (Å²) in [5.74, 6) is 1.11. The highest BCUT2D eigenvalue weighted by Gasteiger charge is 2.17. The van der Waals surface area contributed by atoms with Gasteiger partial charge in [0.2, 0.25) is 10.7 Å². The highest BCUT2D eigenvalue weighted by molar-refractivity contribution is 7.15. The number of thiazole rings is 1. The number of rotatable bonds is 7. The number of nitrogens with zero attached hydrogens (tertiary/aromatic N) is 3. The van der Waals surface area contributed by atoms with Crippen molar-refractivity contribution in [2.45, 2.75) is 6.42 Å². The van der Waals surface area contributed by atoms with Crippen molar-refractivity contribution < 1.29 is 19.0 Å². The predicted octanol–water partition coefficient (Wildman–Crippen LogP) is 1.79. The van der Waals surface area contributed by atoms with E-state index in [9.17, 15) is 4.79 Å². The molecule has 0 radical (unpaired) electrons. The molecular formula is C16H18N4O4S. The highest BCUT2D eigenvalue weighted by Crippen LogP contribution is 2.38. The zero-order valence-electron chi connectivity index (χ0n) is 14.1. The van der Waals surface area contributed by atoms with Crippen LogP contribution in [-0.4, -0.2) is 48.4 Å². The molecule has 0 spiro atoms. The Labute approximate surface area is 148 Å². The summed E-state index contributed by atoms with van der Waals surface area (Å²) in [6.45, 7) is 0.473. The third-order valence-corrected chi connectivity index (χ3v) is 4.56. The number of fused-ring (bicyclic) bond motifs is 1. The average molecular weight is 362 g/mol. The van der Waals surface area contributed by atoms with Gasteiger partial charge in [-0.15, -0.1) is 11.3 Å². The van der Waals surface area contributed by atoms with Gasteiger partial charge in [-0.2, -0.15) is 5.10 Å². The van der Waals surface area contributed by atoms with Gasteiger partial charge in [0.05, 0.1) is 27.0 Å². The zero-order valence-corrected chi connectivity index (χ0v) is 14.9. The van der Waals surface area contributed by atoms with Gasteiger partial charge in [0.1, 0.15) is 6.33 Å². The fourth-order valence-corrected chi connectivity index (χ4v) is 3.29. The molecule has 0 aliphatic rings. The Morgan fingerprint density at radius 2 is 1.92 bits per heavy atom. The van der Waals surface area contributed by atoms with Crippen LogP contribution in [0.1, 0.15) is 16.1 Å². The highest BCUT2D eigenvalue weighted by atomic mass is 32.1. The van der Waals surface area contributed by atoms with Crippen molar-refractivity contribution in [1.82, 2.24) is 19.9 Å². The molecule has 0 saturated heterocycles. The van der Waals surface area contributed by atoms with Crippen molar-refractivity contribution >= 4 is 22.2 Å². The quantitative estimate of drug-likeness (QED) is 0.689. The average Bonchev–Trinajstić information content (AvgIpc) is 3.24. The molecule has 0 aliphatic carbocycles. The smallest absolute Gasteiger partial charge is 0.251 e. The van der Waals surface area contributed by atoms with E-state index in [4.69, 9.17) is 14.2 Å². The summed E-state index contributed by atoms with van der Waals surface area (Å²) in [5.41, 5.74) is 1.44. The molecule has 0 saturated carbocycles. The van der Waals surface area contributed by atoms with Gasteiger partial charge in [0, 0.05) is 23.9 Å². The molecule has 0 aliphatic heterocycles. The van der Waals surface area contributed by atoms with Gasteiger partial charge < -0.3 is 19.5 Å². The lowest BCUT2D eigenvalue weighted by atomic mass is 10.1. The molecule has 0 bridgehead atoms. The van der Waals surface area contributed by atoms with Gasteiger partial charge in [0.15, 0.2) is 11.5 Å². The minimum atomic E-state index is -0.218. The van der Waals surface area contributed by atoms with Gasteiger partial charge in [-0.05, 0) is 12.1 Å². The molecule has 9 heteroatoms. The van der Waals surface area contributed by atoms with E-state index < -0.39 is 0 Å². The van der Waals surface area contributed by atoms with E-state index >= 15 is 0 Å². The van der Waals surface area contributed by atoms with Gasteiger partial charge >= 0.3 is 0 Å². The molecule has 0 unspecified atom stereocenters. The molecule has 1 amide bonds. The van der Waals surface area contributed by atoms with E-state index in [1.54, 1.807) is 16.6 Å². The Morgan fingerprint density at radius 3 is 2.56 bits per heavy atom. The Morgan fingerprint density at radius 1 is 1.20 bits per heavy atom. The Bertz CT molecular complexity index is 864. The standard InChI is InChI=1S/C16H18N4O4S/c1-22-12-6-10(7-13(23-2)14(12)24-3)15(21)17-5-4-11-8-25-16-18-9-19-20(11)16/h6-9H,4-5H2,1-3H3,(H,17,21). The number of amides is 1. The largest absolute Gasteiger partial charge is 0.493 e. The maximum absolute atomic E-state index is 12.4. The van der Waals surface area contributed by atoms with Gasteiger partial charge in [-0.1, -0.05) is 0 Å². The van der Waals surface area contributed by atoms with Crippen LogP contribution < -0.4 is 19.5 Å². The van der Waals surface area contributed by atoms with Crippen LogP contribution >= 0.6 is 11.3 Å². The minimum absolute atomic E-state index is 0.218. The summed E-state index contributed by atoms with van der Waals surface area (Å²) in [4.78, 5) is 17.4. The molecular weight excluding hydrogens is 344 g/mol. The molecule has 3 aromatic rings. The fraction of sp³-hybridized carbons (Fsp3) is 0.312. The van der Waals surface area contributed by atoms with Gasteiger partial charge in [-0.3, -0.25) is 4.79 Å². The summed E-state index contributed by atoms with van der Waals surface area (Å²) < 4.78 is 17.6. The van der Waals surface area contributed by atoms with Gasteiger partial charge in [0.25, 0.3) is 5.91 Å². The van der Waals surface area contributed by atoms with E-state index in [-0.39, 0.29) is 5.91 Å². The van der Waals surface area contributed by atoms with Crippen LogP contribution in [0.2, 0.25) is 0 Å². The normalized spacial score (nSPS) is 10.7. The van der Waals surface area contributed by atoms with Crippen LogP contribution in [0, 0.1) is 0 Å². The molecule has 2 heterocycles. The van der Waals surface area contributed by atoms with Crippen LogP contribution in [-0.2, 0) is 6.42 Å². The van der Waals surface area contributed by atoms with E-state index in [1.807, 2.05) is 5.38 Å². The minimum Gasteiger partial charge on any atom is -0.493 e. The van der Waals surface area contributed by atoms with Crippen molar-refractivity contribution in [2.75, 3.05) is 27.9 Å². The first kappa shape index (κ1) is 17.0. The topological polar surface area (TPSA) is 87.0 Å². The first-order valence-corrected chi connectivity index (χ1v) is 8.40. The van der Waals surface area contributed by atoms with Crippen molar-refractivity contribution in [3.8, 4) is 17.2 Å². The molecule has 132 valence electrons. The molecule has 1 aromatic carbocycles. The van der Waals surface area contributed by atoms with Gasteiger partial charge in [-0.25, -0.2) is 9.50 Å². The van der Waals surface area contributed by atoms with Crippen LogP contribution in [0.3, 0.4) is 0 Å². The second-order valence-corrected chi connectivity index (χ2v) is 5.94.